The number of nitrogens with zero attached hydrogens (tertiary/aromatic N) is 2. The number of ether oxygens (including phenoxy) is 2. The summed E-state index contributed by atoms with van der Waals surface area (Å²) in [5, 5.41) is 0. The van der Waals surface area contributed by atoms with Crippen molar-refractivity contribution < 1.29 is 19.1 Å². The lowest BCUT2D eigenvalue weighted by molar-refractivity contribution is -0.186. The topological polar surface area (TPSA) is 70.4 Å². The number of esters is 2. The first-order chi connectivity index (χ1) is 14.2. The second kappa shape index (κ2) is 12.1. The highest BCUT2D eigenvalue weighted by molar-refractivity contribution is 5.72. The Labute approximate surface area is 181 Å². The highest BCUT2D eigenvalue weighted by Gasteiger charge is 2.20. The molecule has 1 aromatic heterocycles. The highest BCUT2D eigenvalue weighted by atomic mass is 16.7. The summed E-state index contributed by atoms with van der Waals surface area (Å²) in [5.41, 5.74) is 1.17. The zero-order valence-corrected chi connectivity index (χ0v) is 19.4. The van der Waals surface area contributed by atoms with E-state index >= 15 is 0 Å². The van der Waals surface area contributed by atoms with E-state index in [0.717, 1.165) is 31.6 Å². The third-order valence-electron chi connectivity index (χ3n) is 6.00. The van der Waals surface area contributed by atoms with Gasteiger partial charge in [0.05, 0.1) is 17.9 Å². The normalized spacial score (nSPS) is 21.3. The first-order valence-electron chi connectivity index (χ1n) is 11.7. The van der Waals surface area contributed by atoms with E-state index in [1.807, 2.05) is 6.33 Å². The second-order valence-electron chi connectivity index (χ2n) is 9.43. The van der Waals surface area contributed by atoms with Gasteiger partial charge in [0.15, 0.2) is 0 Å². The van der Waals surface area contributed by atoms with Gasteiger partial charge < -0.3 is 14.0 Å². The van der Waals surface area contributed by atoms with Gasteiger partial charge in [0.25, 0.3) is 0 Å². The standard InChI is InChI=1S/C24H40N2O4/c1-17(2)24(28)30-20(5)29-23(27)9-7-6-8-19(4)14-21-15-26(16-25-21)22-12-10-18(3)11-13-22/h15-20,22H,6-14H2,1-5H3/t18?,19-,20+,22?/m0/s1. The molecule has 0 bridgehead atoms. The molecule has 1 heterocycles. The van der Waals surface area contributed by atoms with E-state index < -0.39 is 6.29 Å². The van der Waals surface area contributed by atoms with Crippen molar-refractivity contribution in [2.75, 3.05) is 0 Å². The zero-order valence-electron chi connectivity index (χ0n) is 19.4. The van der Waals surface area contributed by atoms with Gasteiger partial charge >= 0.3 is 11.9 Å². The Bertz CT molecular complexity index is 662. The minimum absolute atomic E-state index is 0.231. The van der Waals surface area contributed by atoms with Crippen molar-refractivity contribution >= 4 is 11.9 Å². The first kappa shape index (κ1) is 24.4. The third-order valence-corrected chi connectivity index (χ3v) is 6.00. The largest absolute Gasteiger partial charge is 0.425 e. The van der Waals surface area contributed by atoms with Crippen LogP contribution in [0.4, 0.5) is 0 Å². The minimum Gasteiger partial charge on any atom is -0.425 e. The Morgan fingerprint density at radius 3 is 2.47 bits per heavy atom. The number of rotatable bonds is 11. The van der Waals surface area contributed by atoms with Crippen molar-refractivity contribution in [2.45, 2.75) is 105 Å². The van der Waals surface area contributed by atoms with Crippen LogP contribution in [0.5, 0.6) is 0 Å². The van der Waals surface area contributed by atoms with E-state index in [1.165, 1.54) is 31.4 Å². The van der Waals surface area contributed by atoms with Crippen molar-refractivity contribution in [1.29, 1.82) is 0 Å². The summed E-state index contributed by atoms with van der Waals surface area (Å²) in [5.74, 6) is 0.490. The van der Waals surface area contributed by atoms with Crippen LogP contribution >= 0.6 is 0 Å². The maximum Gasteiger partial charge on any atom is 0.311 e. The lowest BCUT2D eigenvalue weighted by Crippen LogP contribution is -2.24. The van der Waals surface area contributed by atoms with Crippen molar-refractivity contribution in [2.24, 2.45) is 17.8 Å². The average Bonchev–Trinajstić information content (AvgIpc) is 3.14. The summed E-state index contributed by atoms with van der Waals surface area (Å²) in [6.45, 7) is 9.66. The molecule has 0 aliphatic heterocycles. The number of aromatic nitrogens is 2. The number of imidazole rings is 1. The Hall–Kier alpha value is -1.85. The number of unbranched alkanes of at least 4 members (excludes halogenated alkanes) is 1. The molecule has 2 rings (SSSR count). The number of carbonyl (C=O) groups excluding carboxylic acids is 2. The van der Waals surface area contributed by atoms with Crippen LogP contribution in [0.25, 0.3) is 0 Å². The molecule has 0 amide bonds. The monoisotopic (exact) mass is 420 g/mol. The van der Waals surface area contributed by atoms with Crippen LogP contribution in [-0.2, 0) is 25.5 Å². The van der Waals surface area contributed by atoms with Gasteiger partial charge in [0.1, 0.15) is 0 Å². The molecule has 30 heavy (non-hydrogen) atoms. The SMILES string of the molecule is CC1CCC(n2cnc(C[C@@H](C)CCCCC(=O)O[C@@H](C)OC(=O)C(C)C)c2)CC1. The van der Waals surface area contributed by atoms with Crippen LogP contribution in [0.1, 0.15) is 97.7 Å². The van der Waals surface area contributed by atoms with Crippen molar-refractivity contribution in [3.63, 3.8) is 0 Å². The summed E-state index contributed by atoms with van der Waals surface area (Å²) in [6, 6.07) is 0.617. The summed E-state index contributed by atoms with van der Waals surface area (Å²) >= 11 is 0. The predicted molar refractivity (Wildman–Crippen MR) is 117 cm³/mol. The lowest BCUT2D eigenvalue weighted by atomic mass is 9.87. The average molecular weight is 421 g/mol. The van der Waals surface area contributed by atoms with Gasteiger partial charge in [-0.15, -0.1) is 0 Å². The summed E-state index contributed by atoms with van der Waals surface area (Å²) in [7, 11) is 0. The third kappa shape index (κ3) is 8.49. The van der Waals surface area contributed by atoms with Gasteiger partial charge in [-0.05, 0) is 50.4 Å². The lowest BCUT2D eigenvalue weighted by Gasteiger charge is -2.26. The number of carbonyl (C=O) groups is 2. The maximum atomic E-state index is 11.9. The Kier molecular flexibility index (Phi) is 9.86. The Morgan fingerprint density at radius 1 is 1.10 bits per heavy atom. The molecule has 170 valence electrons. The van der Waals surface area contributed by atoms with Gasteiger partial charge in [-0.1, -0.05) is 40.5 Å². The van der Waals surface area contributed by atoms with Crippen molar-refractivity contribution in [1.82, 2.24) is 9.55 Å². The smallest absolute Gasteiger partial charge is 0.311 e. The summed E-state index contributed by atoms with van der Waals surface area (Å²) in [6.07, 6.45) is 12.7. The molecule has 0 spiro atoms. The Morgan fingerprint density at radius 2 is 1.80 bits per heavy atom. The molecule has 1 aliphatic carbocycles. The van der Waals surface area contributed by atoms with E-state index in [2.05, 4.69) is 29.6 Å². The van der Waals surface area contributed by atoms with Crippen LogP contribution in [-0.4, -0.2) is 27.8 Å². The molecule has 0 unspecified atom stereocenters. The van der Waals surface area contributed by atoms with Crippen LogP contribution in [0, 0.1) is 17.8 Å². The van der Waals surface area contributed by atoms with Crippen LogP contribution in [0.15, 0.2) is 12.5 Å². The van der Waals surface area contributed by atoms with Crippen molar-refractivity contribution in [3.8, 4) is 0 Å². The van der Waals surface area contributed by atoms with E-state index in [0.29, 0.717) is 18.4 Å². The minimum atomic E-state index is -0.825. The van der Waals surface area contributed by atoms with Gasteiger partial charge in [-0.25, -0.2) is 4.98 Å². The molecule has 0 N–H and O–H groups in total. The van der Waals surface area contributed by atoms with E-state index in [4.69, 9.17) is 9.47 Å². The fourth-order valence-corrected chi connectivity index (χ4v) is 4.01. The molecule has 0 saturated heterocycles. The molecule has 1 fully saturated rings. The molecular weight excluding hydrogens is 380 g/mol. The molecule has 6 heteroatoms. The maximum absolute atomic E-state index is 11.9. The molecule has 1 aliphatic rings. The molecule has 0 aromatic carbocycles. The molecule has 1 saturated carbocycles. The van der Waals surface area contributed by atoms with Gasteiger partial charge in [0.2, 0.25) is 6.29 Å². The fourth-order valence-electron chi connectivity index (χ4n) is 4.01. The number of hydrogen-bond acceptors (Lipinski definition) is 5. The molecule has 6 nitrogen and oxygen atoms in total. The van der Waals surface area contributed by atoms with Gasteiger partial charge in [0, 0.05) is 25.6 Å². The summed E-state index contributed by atoms with van der Waals surface area (Å²) < 4.78 is 12.5. The second-order valence-corrected chi connectivity index (χ2v) is 9.43. The van der Waals surface area contributed by atoms with E-state index in [-0.39, 0.29) is 17.9 Å². The molecule has 0 radical (unpaired) electrons. The van der Waals surface area contributed by atoms with Gasteiger partial charge in [-0.3, -0.25) is 9.59 Å². The summed E-state index contributed by atoms with van der Waals surface area (Å²) in [4.78, 5) is 28.0. The molecule has 2 atom stereocenters. The highest BCUT2D eigenvalue weighted by Crippen LogP contribution is 2.31. The van der Waals surface area contributed by atoms with Crippen LogP contribution in [0.3, 0.4) is 0 Å². The number of hydrogen-bond donors (Lipinski definition) is 0. The Balaban J connectivity index is 1.60. The first-order valence-corrected chi connectivity index (χ1v) is 11.7. The van der Waals surface area contributed by atoms with Crippen LogP contribution < -0.4 is 0 Å². The van der Waals surface area contributed by atoms with E-state index in [1.54, 1.807) is 20.8 Å². The quantitative estimate of drug-likeness (QED) is 0.270. The predicted octanol–water partition coefficient (Wildman–Crippen LogP) is 5.46. The van der Waals surface area contributed by atoms with Gasteiger partial charge in [-0.2, -0.15) is 0 Å². The molecule has 1 aromatic rings. The zero-order chi connectivity index (χ0) is 22.1. The van der Waals surface area contributed by atoms with Crippen molar-refractivity contribution in [3.05, 3.63) is 18.2 Å². The molecular formula is C24H40N2O4. The fraction of sp³-hybridized carbons (Fsp3) is 0.792. The van der Waals surface area contributed by atoms with E-state index in [9.17, 15) is 9.59 Å². The van der Waals surface area contributed by atoms with Crippen LogP contribution in [0.2, 0.25) is 0 Å².